The van der Waals surface area contributed by atoms with Crippen molar-refractivity contribution in [3.05, 3.63) is 0 Å². The first kappa shape index (κ1) is 14.1. The van der Waals surface area contributed by atoms with Crippen LogP contribution in [0.1, 0.15) is 38.5 Å². The summed E-state index contributed by atoms with van der Waals surface area (Å²) < 4.78 is 0. The molecule has 4 rings (SSSR count). The molecule has 5 atom stereocenters. The van der Waals surface area contributed by atoms with Crippen LogP contribution in [0.25, 0.3) is 0 Å². The molecule has 4 aliphatic rings. The van der Waals surface area contributed by atoms with Crippen molar-refractivity contribution < 1.29 is 5.11 Å². The van der Waals surface area contributed by atoms with Gasteiger partial charge in [0.05, 0.1) is 6.10 Å². The van der Waals surface area contributed by atoms with Gasteiger partial charge in [-0.1, -0.05) is 6.42 Å². The maximum Gasteiger partial charge on any atom is 0.0699 e. The summed E-state index contributed by atoms with van der Waals surface area (Å²) in [5.41, 5.74) is 0. The minimum atomic E-state index is -0.0500. The molecular formula is C15H27ClN2O. The van der Waals surface area contributed by atoms with Crippen molar-refractivity contribution in [1.29, 1.82) is 0 Å². The van der Waals surface area contributed by atoms with Crippen molar-refractivity contribution in [1.82, 2.24) is 9.80 Å². The molecule has 2 bridgehead atoms. The Morgan fingerprint density at radius 2 is 1.63 bits per heavy atom. The third-order valence-electron chi connectivity index (χ3n) is 6.00. The lowest BCUT2D eigenvalue weighted by Gasteiger charge is -2.58. The Labute approximate surface area is 122 Å². The minimum absolute atomic E-state index is 0. The Morgan fingerprint density at radius 3 is 2.53 bits per heavy atom. The monoisotopic (exact) mass is 286 g/mol. The molecule has 0 radical (unpaired) electrons. The first-order chi connectivity index (χ1) is 8.83. The van der Waals surface area contributed by atoms with Gasteiger partial charge in [-0.2, -0.15) is 0 Å². The van der Waals surface area contributed by atoms with E-state index < -0.39 is 0 Å². The number of hydrogen-bond acceptors (Lipinski definition) is 3. The topological polar surface area (TPSA) is 26.7 Å². The van der Waals surface area contributed by atoms with Crippen LogP contribution in [0.15, 0.2) is 0 Å². The number of rotatable bonds is 0. The fourth-order valence-corrected chi connectivity index (χ4v) is 5.34. The lowest BCUT2D eigenvalue weighted by Crippen LogP contribution is -2.66. The molecule has 19 heavy (non-hydrogen) atoms. The summed E-state index contributed by atoms with van der Waals surface area (Å²) in [6.07, 6.45) is 7.84. The van der Waals surface area contributed by atoms with Crippen LogP contribution < -0.4 is 0 Å². The third kappa shape index (κ3) is 2.33. The second kappa shape index (κ2) is 5.51. The van der Waals surface area contributed by atoms with Crippen LogP contribution in [-0.2, 0) is 0 Å². The molecule has 4 heterocycles. The lowest BCUT2D eigenvalue weighted by molar-refractivity contribution is -0.111. The summed E-state index contributed by atoms with van der Waals surface area (Å²) in [4.78, 5) is 5.40. The SMILES string of the molecule is Cl.O[C@H]1CCCN2C[C@H]3C[C@H](CN4CCCC[C@@H]34)[C@@H]12. The molecule has 110 valence electrons. The van der Waals surface area contributed by atoms with Crippen molar-refractivity contribution in [2.75, 3.05) is 26.2 Å². The van der Waals surface area contributed by atoms with Crippen LogP contribution in [0.3, 0.4) is 0 Å². The number of aliphatic hydroxyl groups is 1. The molecule has 3 nitrogen and oxygen atoms in total. The summed E-state index contributed by atoms with van der Waals surface area (Å²) >= 11 is 0. The zero-order valence-electron chi connectivity index (χ0n) is 11.7. The summed E-state index contributed by atoms with van der Waals surface area (Å²) in [7, 11) is 0. The van der Waals surface area contributed by atoms with E-state index in [2.05, 4.69) is 9.80 Å². The maximum absolute atomic E-state index is 10.4. The summed E-state index contributed by atoms with van der Waals surface area (Å²) in [5, 5.41) is 10.4. The van der Waals surface area contributed by atoms with Crippen LogP contribution in [0, 0.1) is 11.8 Å². The van der Waals surface area contributed by atoms with Gasteiger partial charge < -0.3 is 5.11 Å². The molecule has 0 saturated carbocycles. The molecule has 0 spiro atoms. The van der Waals surface area contributed by atoms with Gasteiger partial charge in [-0.25, -0.2) is 0 Å². The average molecular weight is 287 g/mol. The second-order valence-electron chi connectivity index (χ2n) is 7.01. The number of nitrogens with zero attached hydrogens (tertiary/aromatic N) is 2. The van der Waals surface area contributed by atoms with Crippen molar-refractivity contribution >= 4 is 12.4 Å². The first-order valence-corrected chi connectivity index (χ1v) is 7.99. The van der Waals surface area contributed by atoms with E-state index in [0.29, 0.717) is 6.04 Å². The predicted octanol–water partition coefficient (Wildman–Crippen LogP) is 1.74. The van der Waals surface area contributed by atoms with Crippen LogP contribution >= 0.6 is 12.4 Å². The third-order valence-corrected chi connectivity index (χ3v) is 6.00. The highest BCUT2D eigenvalue weighted by atomic mass is 35.5. The molecule has 4 saturated heterocycles. The molecule has 0 aromatic carbocycles. The van der Waals surface area contributed by atoms with Gasteiger partial charge in [0.15, 0.2) is 0 Å². The lowest BCUT2D eigenvalue weighted by atomic mass is 9.70. The number of fused-ring (bicyclic) bond motifs is 6. The van der Waals surface area contributed by atoms with Gasteiger partial charge in [-0.3, -0.25) is 9.80 Å². The second-order valence-corrected chi connectivity index (χ2v) is 7.01. The van der Waals surface area contributed by atoms with Crippen molar-refractivity contribution in [3.63, 3.8) is 0 Å². The molecule has 1 N–H and O–H groups in total. The smallest absolute Gasteiger partial charge is 0.0699 e. The highest BCUT2D eigenvalue weighted by Crippen LogP contribution is 2.42. The van der Waals surface area contributed by atoms with Gasteiger partial charge in [0.2, 0.25) is 0 Å². The zero-order chi connectivity index (χ0) is 12.1. The largest absolute Gasteiger partial charge is 0.391 e. The normalized spacial score (nSPS) is 46.9. The minimum Gasteiger partial charge on any atom is -0.391 e. The quantitative estimate of drug-likeness (QED) is 0.735. The molecule has 4 fully saturated rings. The van der Waals surface area contributed by atoms with Crippen molar-refractivity contribution in [2.24, 2.45) is 11.8 Å². The van der Waals surface area contributed by atoms with E-state index in [0.717, 1.165) is 24.3 Å². The molecule has 0 aromatic rings. The molecule has 0 aromatic heterocycles. The van der Waals surface area contributed by atoms with Crippen LogP contribution in [0.2, 0.25) is 0 Å². The van der Waals surface area contributed by atoms with Crippen LogP contribution in [0.4, 0.5) is 0 Å². The van der Waals surface area contributed by atoms with Crippen LogP contribution in [0.5, 0.6) is 0 Å². The Kier molecular flexibility index (Phi) is 4.10. The maximum atomic E-state index is 10.4. The standard InChI is InChI=1S/C15H26N2O.ClH/c18-14-5-3-7-17-9-11-8-12(15(14)17)10-16-6-2-1-4-13(11)16;/h11-15,18H,1-10H2;1H/t11-,12-,13+,14+,15+;/m1./s1. The van der Waals surface area contributed by atoms with Crippen molar-refractivity contribution in [3.8, 4) is 0 Å². The summed E-state index contributed by atoms with van der Waals surface area (Å²) in [6.45, 7) is 5.08. The van der Waals surface area contributed by atoms with E-state index in [1.54, 1.807) is 0 Å². The predicted molar refractivity (Wildman–Crippen MR) is 78.7 cm³/mol. The van der Waals surface area contributed by atoms with E-state index in [-0.39, 0.29) is 18.5 Å². The van der Waals surface area contributed by atoms with Gasteiger partial charge in [0.1, 0.15) is 0 Å². The van der Waals surface area contributed by atoms with E-state index in [1.807, 2.05) is 0 Å². The molecular weight excluding hydrogens is 260 g/mol. The fourth-order valence-electron chi connectivity index (χ4n) is 5.34. The average Bonchev–Trinajstić information content (AvgIpc) is 2.39. The molecule has 4 heteroatoms. The van der Waals surface area contributed by atoms with Gasteiger partial charge >= 0.3 is 0 Å². The highest BCUT2D eigenvalue weighted by Gasteiger charge is 2.48. The molecule has 0 aliphatic carbocycles. The van der Waals surface area contributed by atoms with Gasteiger partial charge in [0, 0.05) is 25.2 Å². The number of halogens is 1. The number of aliphatic hydroxyl groups excluding tert-OH is 1. The van der Waals surface area contributed by atoms with E-state index in [4.69, 9.17) is 0 Å². The Hall–Kier alpha value is 0.170. The number of piperidine rings is 4. The summed E-state index contributed by atoms with van der Waals surface area (Å²) in [5.74, 6) is 1.64. The summed E-state index contributed by atoms with van der Waals surface area (Å²) in [6, 6.07) is 1.35. The van der Waals surface area contributed by atoms with Crippen LogP contribution in [-0.4, -0.2) is 59.3 Å². The zero-order valence-corrected chi connectivity index (χ0v) is 12.5. The van der Waals surface area contributed by atoms with Gasteiger partial charge in [-0.05, 0) is 57.0 Å². The van der Waals surface area contributed by atoms with Gasteiger partial charge in [-0.15, -0.1) is 12.4 Å². The van der Waals surface area contributed by atoms with E-state index in [1.165, 1.54) is 58.3 Å². The van der Waals surface area contributed by atoms with Crippen molar-refractivity contribution in [2.45, 2.75) is 56.7 Å². The van der Waals surface area contributed by atoms with E-state index in [9.17, 15) is 5.11 Å². The Morgan fingerprint density at radius 1 is 0.842 bits per heavy atom. The Bertz CT molecular complexity index is 327. The first-order valence-electron chi connectivity index (χ1n) is 7.99. The Balaban J connectivity index is 0.00000110. The number of hydrogen-bond donors (Lipinski definition) is 1. The molecule has 4 aliphatic heterocycles. The highest BCUT2D eigenvalue weighted by molar-refractivity contribution is 5.85. The molecule has 0 amide bonds. The molecule has 0 unspecified atom stereocenters. The van der Waals surface area contributed by atoms with E-state index >= 15 is 0 Å². The van der Waals surface area contributed by atoms with Gasteiger partial charge in [0.25, 0.3) is 0 Å². The fraction of sp³-hybridized carbons (Fsp3) is 1.00.